The molecule has 0 saturated carbocycles. The number of para-hydroxylation sites is 2. The van der Waals surface area contributed by atoms with Crippen molar-refractivity contribution in [3.05, 3.63) is 53.6 Å². The number of carbonyl (C=O) groups excluding carboxylic acids is 1. The minimum atomic E-state index is -0.670. The fourth-order valence-corrected chi connectivity index (χ4v) is 2.44. The molecule has 0 fully saturated rings. The number of ether oxygens (including phenoxy) is 2. The van der Waals surface area contributed by atoms with Gasteiger partial charge in [0, 0.05) is 5.69 Å². The van der Waals surface area contributed by atoms with Gasteiger partial charge in [-0.05, 0) is 56.2 Å². The maximum absolute atomic E-state index is 12.5. The van der Waals surface area contributed by atoms with Crippen LogP contribution in [0, 0.1) is 13.8 Å². The average Bonchev–Trinajstić information content (AvgIpc) is 2.50. The van der Waals surface area contributed by atoms with E-state index in [-0.39, 0.29) is 12.0 Å². The molecule has 4 heteroatoms. The van der Waals surface area contributed by atoms with Crippen molar-refractivity contribution in [3.63, 3.8) is 0 Å². The second-order valence-electron chi connectivity index (χ2n) is 5.60. The van der Waals surface area contributed by atoms with Crippen LogP contribution in [-0.2, 0) is 4.79 Å². The van der Waals surface area contributed by atoms with Gasteiger partial charge in [0.05, 0.1) is 0 Å². The molecule has 0 bridgehead atoms. The predicted molar refractivity (Wildman–Crippen MR) is 85.5 cm³/mol. The summed E-state index contributed by atoms with van der Waals surface area (Å²) >= 11 is 0. The lowest BCUT2D eigenvalue weighted by Gasteiger charge is -2.31. The first kappa shape index (κ1) is 14.4. The van der Waals surface area contributed by atoms with E-state index in [4.69, 9.17) is 9.47 Å². The van der Waals surface area contributed by atoms with Gasteiger partial charge in [0.25, 0.3) is 5.91 Å². The van der Waals surface area contributed by atoms with Gasteiger partial charge in [-0.2, -0.15) is 0 Å². The van der Waals surface area contributed by atoms with Gasteiger partial charge in [0.15, 0.2) is 11.5 Å². The fourth-order valence-electron chi connectivity index (χ4n) is 2.44. The molecule has 22 heavy (non-hydrogen) atoms. The molecule has 4 nitrogen and oxygen atoms in total. The molecule has 1 aliphatic rings. The first-order valence-electron chi connectivity index (χ1n) is 7.35. The summed E-state index contributed by atoms with van der Waals surface area (Å²) in [5.74, 6) is 1.07. The van der Waals surface area contributed by atoms with E-state index < -0.39 is 6.10 Å². The number of hydrogen-bond donors (Lipinski definition) is 1. The van der Waals surface area contributed by atoms with Crippen molar-refractivity contribution in [2.45, 2.75) is 33.0 Å². The van der Waals surface area contributed by atoms with Crippen LogP contribution in [0.3, 0.4) is 0 Å². The zero-order valence-electron chi connectivity index (χ0n) is 12.9. The van der Waals surface area contributed by atoms with E-state index in [9.17, 15) is 4.79 Å². The van der Waals surface area contributed by atoms with E-state index in [1.807, 2.05) is 57.2 Å². The third-order valence-corrected chi connectivity index (χ3v) is 3.88. The molecule has 1 heterocycles. The third-order valence-electron chi connectivity index (χ3n) is 3.88. The smallest absolute Gasteiger partial charge is 0.269 e. The lowest BCUT2D eigenvalue weighted by molar-refractivity contribution is -0.128. The minimum Gasteiger partial charge on any atom is -0.482 e. The Balaban J connectivity index is 1.76. The standard InChI is InChI=1S/C18H19NO3/c1-11-8-9-14(10-12(11)2)19-18(20)17-13(3)21-15-6-4-5-7-16(15)22-17/h4-10,13,17H,1-3H3,(H,19,20)/t13-,17+/m1/s1. The molecule has 2 atom stereocenters. The Morgan fingerprint density at radius 2 is 1.68 bits per heavy atom. The largest absolute Gasteiger partial charge is 0.482 e. The highest BCUT2D eigenvalue weighted by Crippen LogP contribution is 2.33. The molecular weight excluding hydrogens is 278 g/mol. The molecule has 3 rings (SSSR count). The first-order valence-corrected chi connectivity index (χ1v) is 7.35. The van der Waals surface area contributed by atoms with Crippen LogP contribution in [0.2, 0.25) is 0 Å². The van der Waals surface area contributed by atoms with Crippen molar-refractivity contribution in [1.29, 1.82) is 0 Å². The summed E-state index contributed by atoms with van der Waals surface area (Å²) < 4.78 is 11.6. The monoisotopic (exact) mass is 297 g/mol. The Kier molecular flexibility index (Phi) is 3.75. The van der Waals surface area contributed by atoms with E-state index in [0.717, 1.165) is 11.3 Å². The lowest BCUT2D eigenvalue weighted by Crippen LogP contribution is -2.46. The Morgan fingerprint density at radius 1 is 1.00 bits per heavy atom. The first-order chi connectivity index (χ1) is 10.5. The van der Waals surface area contributed by atoms with Crippen LogP contribution >= 0.6 is 0 Å². The van der Waals surface area contributed by atoms with Crippen LogP contribution in [0.5, 0.6) is 11.5 Å². The molecule has 2 aromatic rings. The fraction of sp³-hybridized carbons (Fsp3) is 0.278. The van der Waals surface area contributed by atoms with Crippen LogP contribution in [0.1, 0.15) is 18.1 Å². The van der Waals surface area contributed by atoms with E-state index in [2.05, 4.69) is 5.32 Å². The van der Waals surface area contributed by atoms with Crippen molar-refractivity contribution >= 4 is 11.6 Å². The van der Waals surface area contributed by atoms with Gasteiger partial charge in [-0.25, -0.2) is 0 Å². The maximum Gasteiger partial charge on any atom is 0.269 e. The highest BCUT2D eigenvalue weighted by atomic mass is 16.6. The highest BCUT2D eigenvalue weighted by molar-refractivity contribution is 5.95. The Morgan fingerprint density at radius 3 is 2.36 bits per heavy atom. The van der Waals surface area contributed by atoms with Gasteiger partial charge in [0.2, 0.25) is 6.10 Å². The van der Waals surface area contributed by atoms with Gasteiger partial charge < -0.3 is 14.8 Å². The summed E-state index contributed by atoms with van der Waals surface area (Å²) in [6.45, 7) is 5.89. The van der Waals surface area contributed by atoms with Gasteiger partial charge in [0.1, 0.15) is 6.10 Å². The number of fused-ring (bicyclic) bond motifs is 1. The summed E-state index contributed by atoms with van der Waals surface area (Å²) in [6, 6.07) is 13.2. The molecule has 0 unspecified atom stereocenters. The van der Waals surface area contributed by atoms with E-state index in [1.54, 1.807) is 6.07 Å². The molecule has 0 saturated heterocycles. The zero-order chi connectivity index (χ0) is 15.7. The number of nitrogens with one attached hydrogen (secondary N) is 1. The van der Waals surface area contributed by atoms with E-state index in [1.165, 1.54) is 5.56 Å². The van der Waals surface area contributed by atoms with Gasteiger partial charge in [-0.1, -0.05) is 18.2 Å². The number of benzene rings is 2. The third kappa shape index (κ3) is 2.77. The van der Waals surface area contributed by atoms with E-state index >= 15 is 0 Å². The number of aryl methyl sites for hydroxylation is 2. The molecule has 1 amide bonds. The van der Waals surface area contributed by atoms with Gasteiger partial charge in [-0.15, -0.1) is 0 Å². The van der Waals surface area contributed by atoms with Gasteiger partial charge >= 0.3 is 0 Å². The predicted octanol–water partition coefficient (Wildman–Crippen LogP) is 3.47. The van der Waals surface area contributed by atoms with Crippen LogP contribution in [0.25, 0.3) is 0 Å². The van der Waals surface area contributed by atoms with Gasteiger partial charge in [-0.3, -0.25) is 4.79 Å². The molecule has 1 N–H and O–H groups in total. The molecule has 0 aliphatic carbocycles. The summed E-state index contributed by atoms with van der Waals surface area (Å²) in [5.41, 5.74) is 3.09. The van der Waals surface area contributed by atoms with Crippen molar-refractivity contribution in [1.82, 2.24) is 0 Å². The highest BCUT2D eigenvalue weighted by Gasteiger charge is 2.34. The van der Waals surface area contributed by atoms with Crippen LogP contribution in [0.15, 0.2) is 42.5 Å². The number of hydrogen-bond acceptors (Lipinski definition) is 3. The molecule has 0 aromatic heterocycles. The number of anilines is 1. The number of amides is 1. The molecular formula is C18H19NO3. The second kappa shape index (κ2) is 5.72. The average molecular weight is 297 g/mol. The van der Waals surface area contributed by atoms with E-state index in [0.29, 0.717) is 11.5 Å². The van der Waals surface area contributed by atoms with Crippen LogP contribution < -0.4 is 14.8 Å². The molecule has 114 valence electrons. The molecule has 0 radical (unpaired) electrons. The minimum absolute atomic E-state index is 0.203. The zero-order valence-corrected chi connectivity index (χ0v) is 12.9. The molecule has 1 aliphatic heterocycles. The Labute approximate surface area is 130 Å². The second-order valence-corrected chi connectivity index (χ2v) is 5.60. The Hall–Kier alpha value is -2.49. The number of carbonyl (C=O) groups is 1. The van der Waals surface area contributed by atoms with Crippen LogP contribution in [-0.4, -0.2) is 18.1 Å². The summed E-state index contributed by atoms with van der Waals surface area (Å²) in [4.78, 5) is 12.5. The summed E-state index contributed by atoms with van der Waals surface area (Å²) in [6.07, 6.45) is -1.02. The quantitative estimate of drug-likeness (QED) is 0.923. The molecule has 0 spiro atoms. The lowest BCUT2D eigenvalue weighted by atomic mass is 10.1. The number of rotatable bonds is 2. The molecule has 2 aromatic carbocycles. The van der Waals surface area contributed by atoms with Crippen molar-refractivity contribution in [3.8, 4) is 11.5 Å². The van der Waals surface area contributed by atoms with Crippen molar-refractivity contribution < 1.29 is 14.3 Å². The summed E-state index contributed by atoms with van der Waals surface area (Å²) in [5, 5.41) is 2.90. The SMILES string of the molecule is Cc1ccc(NC(=O)[C@H]2Oc3ccccc3O[C@@H]2C)cc1C. The Bertz CT molecular complexity index is 711. The summed E-state index contributed by atoms with van der Waals surface area (Å²) in [7, 11) is 0. The van der Waals surface area contributed by atoms with Crippen molar-refractivity contribution in [2.24, 2.45) is 0 Å². The maximum atomic E-state index is 12.5. The van der Waals surface area contributed by atoms with Crippen molar-refractivity contribution in [2.75, 3.05) is 5.32 Å². The topological polar surface area (TPSA) is 47.6 Å². The van der Waals surface area contributed by atoms with Crippen LogP contribution in [0.4, 0.5) is 5.69 Å². The normalized spacial score (nSPS) is 19.6.